The number of hydrogen-bond donors (Lipinski definition) is 0. The summed E-state index contributed by atoms with van der Waals surface area (Å²) in [5.41, 5.74) is 2.93. The molecule has 6 aromatic carbocycles. The fraction of sp³-hybridized carbons (Fsp3) is 0.125. The molecule has 0 aliphatic rings. The average Bonchev–Trinajstić information content (AvgIpc) is 2.86. The number of benzene rings is 6. The second-order valence-electron chi connectivity index (χ2n) is 8.30. The Bertz CT molecular complexity index is 1310. The minimum atomic E-state index is 1.09. The summed E-state index contributed by atoms with van der Waals surface area (Å²) < 4.78 is 0. The molecule has 0 atom stereocenters. The van der Waals surface area contributed by atoms with Gasteiger partial charge in [0.1, 0.15) is 0 Å². The fourth-order valence-electron chi connectivity index (χ4n) is 4.98. The van der Waals surface area contributed by atoms with E-state index < -0.39 is 0 Å². The van der Waals surface area contributed by atoms with Crippen molar-refractivity contribution in [2.75, 3.05) is 0 Å². The number of aryl methyl sites for hydroxylation is 2. The molecule has 0 saturated carbocycles. The van der Waals surface area contributed by atoms with Crippen molar-refractivity contribution >= 4 is 43.1 Å². The maximum Gasteiger partial charge on any atom is -0.0146 e. The van der Waals surface area contributed by atoms with E-state index in [9.17, 15) is 0 Å². The van der Waals surface area contributed by atoms with Gasteiger partial charge in [0.25, 0.3) is 0 Å². The van der Waals surface area contributed by atoms with Crippen molar-refractivity contribution in [2.45, 2.75) is 26.7 Å². The normalized spacial score (nSPS) is 11.1. The number of hydrogen-bond acceptors (Lipinski definition) is 0. The molecule has 0 N–H and O–H groups in total. The summed E-state index contributed by atoms with van der Waals surface area (Å²) in [4.78, 5) is 0. The SMILES string of the molecule is CCc1c2ccccc2cc2ccccc12.CCc1c2ccccc2cc2ccccc12. The van der Waals surface area contributed by atoms with Gasteiger partial charge in [0.15, 0.2) is 0 Å². The summed E-state index contributed by atoms with van der Waals surface area (Å²) >= 11 is 0. The Labute approximate surface area is 190 Å². The average molecular weight is 413 g/mol. The van der Waals surface area contributed by atoms with Crippen LogP contribution >= 0.6 is 0 Å². The standard InChI is InChI=1S/2C16H14/c2*1-2-14-15-9-5-3-7-12(15)11-13-8-4-6-10-16(13)14/h2*3-11H,2H2,1H3. The molecule has 0 unspecified atom stereocenters. The molecule has 0 aliphatic carbocycles. The van der Waals surface area contributed by atoms with Gasteiger partial charge >= 0.3 is 0 Å². The van der Waals surface area contributed by atoms with Gasteiger partial charge in [-0.3, -0.25) is 0 Å². The predicted molar refractivity (Wildman–Crippen MR) is 142 cm³/mol. The molecule has 0 spiro atoms. The molecule has 0 aromatic heterocycles. The Morgan fingerprint density at radius 2 is 0.625 bits per heavy atom. The van der Waals surface area contributed by atoms with Gasteiger partial charge in [0, 0.05) is 0 Å². The Kier molecular flexibility index (Phi) is 5.60. The van der Waals surface area contributed by atoms with E-state index in [1.807, 2.05) is 0 Å². The summed E-state index contributed by atoms with van der Waals surface area (Å²) in [6, 6.07) is 39.2. The lowest BCUT2D eigenvalue weighted by Crippen LogP contribution is -1.86. The van der Waals surface area contributed by atoms with Gasteiger partial charge in [-0.25, -0.2) is 0 Å². The highest BCUT2D eigenvalue weighted by molar-refractivity contribution is 6.03. The van der Waals surface area contributed by atoms with Crippen LogP contribution in [0.25, 0.3) is 43.1 Å². The van der Waals surface area contributed by atoms with Gasteiger partial charge < -0.3 is 0 Å². The van der Waals surface area contributed by atoms with Gasteiger partial charge in [0.2, 0.25) is 0 Å². The zero-order valence-corrected chi connectivity index (χ0v) is 18.8. The first kappa shape index (κ1) is 20.3. The van der Waals surface area contributed by atoms with Crippen molar-refractivity contribution < 1.29 is 0 Å². The van der Waals surface area contributed by atoms with Crippen LogP contribution in [0.1, 0.15) is 25.0 Å². The second-order valence-corrected chi connectivity index (χ2v) is 8.30. The summed E-state index contributed by atoms with van der Waals surface area (Å²) in [5.74, 6) is 0. The van der Waals surface area contributed by atoms with Crippen molar-refractivity contribution in [1.29, 1.82) is 0 Å². The van der Waals surface area contributed by atoms with Crippen LogP contribution < -0.4 is 0 Å². The molecule has 32 heavy (non-hydrogen) atoms. The third kappa shape index (κ3) is 3.63. The molecule has 0 aliphatic heterocycles. The molecule has 0 heterocycles. The van der Waals surface area contributed by atoms with Crippen LogP contribution in [0.4, 0.5) is 0 Å². The highest BCUT2D eigenvalue weighted by Crippen LogP contribution is 2.29. The minimum Gasteiger partial charge on any atom is -0.0616 e. The van der Waals surface area contributed by atoms with Crippen LogP contribution in [0.5, 0.6) is 0 Å². The van der Waals surface area contributed by atoms with E-state index in [1.165, 1.54) is 54.2 Å². The minimum absolute atomic E-state index is 1.09. The summed E-state index contributed by atoms with van der Waals surface area (Å²) in [6.07, 6.45) is 2.17. The van der Waals surface area contributed by atoms with Crippen molar-refractivity contribution in [3.63, 3.8) is 0 Å². The topological polar surface area (TPSA) is 0 Å². The van der Waals surface area contributed by atoms with E-state index in [0.717, 1.165) is 12.8 Å². The number of fused-ring (bicyclic) bond motifs is 4. The predicted octanol–water partition coefficient (Wildman–Crippen LogP) is 9.11. The lowest BCUT2D eigenvalue weighted by Gasteiger charge is -2.09. The molecule has 0 heteroatoms. The van der Waals surface area contributed by atoms with Crippen LogP contribution in [-0.4, -0.2) is 0 Å². The lowest BCUT2D eigenvalue weighted by molar-refractivity contribution is 1.18. The molecule has 0 radical (unpaired) electrons. The van der Waals surface area contributed by atoms with Gasteiger partial charge in [-0.15, -0.1) is 0 Å². The van der Waals surface area contributed by atoms with Gasteiger partial charge in [-0.1, -0.05) is 111 Å². The quantitative estimate of drug-likeness (QED) is 0.249. The Balaban J connectivity index is 0.000000135. The van der Waals surface area contributed by atoms with Crippen LogP contribution in [0, 0.1) is 0 Å². The third-order valence-corrected chi connectivity index (χ3v) is 6.47. The molecule has 0 nitrogen and oxygen atoms in total. The second kappa shape index (κ2) is 8.85. The third-order valence-electron chi connectivity index (χ3n) is 6.47. The zero-order valence-electron chi connectivity index (χ0n) is 18.8. The smallest absolute Gasteiger partial charge is 0.0146 e. The summed E-state index contributed by atoms with van der Waals surface area (Å²) in [5, 5.41) is 11.0. The largest absolute Gasteiger partial charge is 0.0616 e. The fourth-order valence-corrected chi connectivity index (χ4v) is 4.98. The Morgan fingerprint density at radius 3 is 0.875 bits per heavy atom. The van der Waals surface area contributed by atoms with Crippen LogP contribution in [-0.2, 0) is 12.8 Å². The summed E-state index contributed by atoms with van der Waals surface area (Å²) in [6.45, 7) is 4.46. The van der Waals surface area contributed by atoms with E-state index in [0.29, 0.717) is 0 Å². The van der Waals surface area contributed by atoms with Gasteiger partial charge in [-0.2, -0.15) is 0 Å². The molecule has 0 amide bonds. The zero-order chi connectivity index (χ0) is 21.9. The van der Waals surface area contributed by atoms with E-state index in [2.05, 4.69) is 123 Å². The van der Waals surface area contributed by atoms with Crippen LogP contribution in [0.2, 0.25) is 0 Å². The lowest BCUT2D eigenvalue weighted by atomic mass is 9.95. The molecule has 0 bridgehead atoms. The Hall–Kier alpha value is -3.64. The first-order valence-electron chi connectivity index (χ1n) is 11.6. The van der Waals surface area contributed by atoms with Crippen molar-refractivity contribution in [3.05, 3.63) is 120 Å². The van der Waals surface area contributed by atoms with Crippen molar-refractivity contribution in [1.82, 2.24) is 0 Å². The van der Waals surface area contributed by atoms with E-state index in [1.54, 1.807) is 0 Å². The molecule has 156 valence electrons. The van der Waals surface area contributed by atoms with E-state index >= 15 is 0 Å². The van der Waals surface area contributed by atoms with E-state index in [4.69, 9.17) is 0 Å². The maximum atomic E-state index is 2.28. The van der Waals surface area contributed by atoms with Crippen LogP contribution in [0.3, 0.4) is 0 Å². The van der Waals surface area contributed by atoms with E-state index in [-0.39, 0.29) is 0 Å². The molecule has 6 aromatic rings. The number of rotatable bonds is 2. The first-order valence-corrected chi connectivity index (χ1v) is 11.6. The summed E-state index contributed by atoms with van der Waals surface area (Å²) in [7, 11) is 0. The maximum absolute atomic E-state index is 2.28. The molecule has 0 saturated heterocycles. The van der Waals surface area contributed by atoms with Gasteiger partial charge in [0.05, 0.1) is 0 Å². The monoisotopic (exact) mass is 412 g/mol. The molecule has 0 fully saturated rings. The molecular weight excluding hydrogens is 384 g/mol. The van der Waals surface area contributed by atoms with Gasteiger partial charge in [-0.05, 0) is 79.2 Å². The van der Waals surface area contributed by atoms with Crippen LogP contribution in [0.15, 0.2) is 109 Å². The molecular formula is C32H28. The highest BCUT2D eigenvalue weighted by atomic mass is 14.1. The first-order chi connectivity index (χ1) is 15.8. The Morgan fingerprint density at radius 1 is 0.375 bits per heavy atom. The highest BCUT2D eigenvalue weighted by Gasteiger charge is 2.05. The van der Waals surface area contributed by atoms with Crippen molar-refractivity contribution in [3.8, 4) is 0 Å². The molecule has 6 rings (SSSR count). The van der Waals surface area contributed by atoms with Crippen molar-refractivity contribution in [2.24, 2.45) is 0 Å².